The van der Waals surface area contributed by atoms with Gasteiger partial charge < -0.3 is 9.40 Å². The smallest absolute Gasteiger partial charge is 0.328 e. The molecule has 0 spiro atoms. The van der Waals surface area contributed by atoms with Crippen LogP contribution >= 0.6 is 0 Å². The molecule has 0 aliphatic rings. The molecule has 0 amide bonds. The highest BCUT2D eigenvalue weighted by Crippen LogP contribution is 2.39. The summed E-state index contributed by atoms with van der Waals surface area (Å²) in [6, 6.07) is 21.9. The van der Waals surface area contributed by atoms with Gasteiger partial charge in [-0.1, -0.05) is 60.7 Å². The molecular weight excluding hydrogens is 460 g/mol. The van der Waals surface area contributed by atoms with Gasteiger partial charge in [0.1, 0.15) is 5.76 Å². The van der Waals surface area contributed by atoms with Crippen molar-refractivity contribution in [2.75, 3.05) is 0 Å². The first kappa shape index (κ1) is 22.9. The lowest BCUT2D eigenvalue weighted by atomic mass is 9.70. The highest BCUT2D eigenvalue weighted by molar-refractivity contribution is 5.46. The zero-order chi connectivity index (χ0) is 25.1. The van der Waals surface area contributed by atoms with Crippen LogP contribution in [-0.2, 0) is 18.4 Å². The van der Waals surface area contributed by atoms with Gasteiger partial charge in [-0.2, -0.15) is 0 Å². The number of rotatable bonds is 7. The molecule has 5 rings (SSSR count). The van der Waals surface area contributed by atoms with E-state index >= 15 is 0 Å². The molecule has 0 fully saturated rings. The average Bonchev–Trinajstić information content (AvgIpc) is 3.42. The number of nitrogens with zero attached hydrogens (tertiary/aromatic N) is 1. The van der Waals surface area contributed by atoms with E-state index in [-0.39, 0.29) is 24.1 Å². The van der Waals surface area contributed by atoms with E-state index in [0.29, 0.717) is 5.76 Å². The molecule has 180 valence electrons. The molecule has 0 bridgehead atoms. The largest absolute Gasteiger partial charge is 0.468 e. The van der Waals surface area contributed by atoms with Crippen molar-refractivity contribution >= 4 is 0 Å². The predicted molar refractivity (Wildman–Crippen MR) is 133 cm³/mol. The predicted octanol–water partition coefficient (Wildman–Crippen LogP) is 2.13. The Morgan fingerprint density at radius 2 is 1.42 bits per heavy atom. The summed E-state index contributed by atoms with van der Waals surface area (Å²) in [6.07, 6.45) is 4.34. The fourth-order valence-electron chi connectivity index (χ4n) is 4.55. The second kappa shape index (κ2) is 9.38. The zero-order valence-electron chi connectivity index (χ0n) is 19.1. The van der Waals surface area contributed by atoms with Crippen LogP contribution in [0, 0.1) is 0 Å². The summed E-state index contributed by atoms with van der Waals surface area (Å²) in [5, 5.41) is 0. The van der Waals surface area contributed by atoms with E-state index in [0.717, 1.165) is 11.1 Å². The van der Waals surface area contributed by atoms with Gasteiger partial charge in [-0.3, -0.25) is 24.1 Å². The van der Waals surface area contributed by atoms with Gasteiger partial charge in [0.05, 0.1) is 29.3 Å². The molecule has 3 N–H and O–H groups in total. The Kier molecular flexibility index (Phi) is 5.95. The SMILES string of the molecule is O=c1[nH]cc(C(Cc2ccccc2)(c2ccco2)c2cn(Cc3ccccc3)c(=O)[nH]c2=O)c(=O)[nH]1. The van der Waals surface area contributed by atoms with Crippen molar-refractivity contribution in [2.45, 2.75) is 18.4 Å². The molecule has 9 nitrogen and oxygen atoms in total. The maximum Gasteiger partial charge on any atom is 0.328 e. The van der Waals surface area contributed by atoms with Crippen LogP contribution in [0.2, 0.25) is 0 Å². The van der Waals surface area contributed by atoms with E-state index in [1.807, 2.05) is 60.7 Å². The lowest BCUT2D eigenvalue weighted by Gasteiger charge is -2.31. The van der Waals surface area contributed by atoms with E-state index in [9.17, 15) is 19.2 Å². The summed E-state index contributed by atoms with van der Waals surface area (Å²) >= 11 is 0. The number of aromatic amines is 3. The minimum Gasteiger partial charge on any atom is -0.468 e. The van der Waals surface area contributed by atoms with E-state index in [1.54, 1.807) is 12.1 Å². The van der Waals surface area contributed by atoms with Crippen molar-refractivity contribution < 1.29 is 4.42 Å². The normalized spacial score (nSPS) is 12.8. The third-order valence-corrected chi connectivity index (χ3v) is 6.20. The van der Waals surface area contributed by atoms with Gasteiger partial charge in [0.15, 0.2) is 0 Å². The number of furan rings is 1. The van der Waals surface area contributed by atoms with E-state index in [1.165, 1.54) is 23.2 Å². The highest BCUT2D eigenvalue weighted by atomic mass is 16.3. The van der Waals surface area contributed by atoms with Crippen molar-refractivity contribution in [3.05, 3.63) is 161 Å². The summed E-state index contributed by atoms with van der Waals surface area (Å²) in [4.78, 5) is 58.5. The van der Waals surface area contributed by atoms with Gasteiger partial charge in [0, 0.05) is 12.4 Å². The summed E-state index contributed by atoms with van der Waals surface area (Å²) in [6.45, 7) is 0.199. The number of H-pyrrole nitrogens is 3. The van der Waals surface area contributed by atoms with Crippen LogP contribution in [0.15, 0.2) is 115 Å². The molecule has 1 unspecified atom stereocenters. The minimum absolute atomic E-state index is 0.0938. The van der Waals surface area contributed by atoms with Crippen molar-refractivity contribution in [3.8, 4) is 0 Å². The Hall–Kier alpha value is -4.92. The highest BCUT2D eigenvalue weighted by Gasteiger charge is 2.44. The molecule has 0 aliphatic carbocycles. The van der Waals surface area contributed by atoms with Crippen molar-refractivity contribution in [1.29, 1.82) is 0 Å². The second-order valence-electron chi connectivity index (χ2n) is 8.45. The number of hydrogen-bond donors (Lipinski definition) is 3. The maximum atomic E-state index is 13.4. The summed E-state index contributed by atoms with van der Waals surface area (Å²) in [5.41, 5.74) is -2.21. The van der Waals surface area contributed by atoms with Gasteiger partial charge in [0.25, 0.3) is 11.1 Å². The molecule has 1 atom stereocenters. The van der Waals surface area contributed by atoms with Crippen LogP contribution in [0.5, 0.6) is 0 Å². The second-order valence-corrected chi connectivity index (χ2v) is 8.45. The number of aromatic nitrogens is 4. The van der Waals surface area contributed by atoms with E-state index in [2.05, 4.69) is 15.0 Å². The molecule has 9 heteroatoms. The Morgan fingerprint density at radius 3 is 2.06 bits per heavy atom. The maximum absolute atomic E-state index is 13.4. The van der Waals surface area contributed by atoms with E-state index in [4.69, 9.17) is 4.42 Å². The third-order valence-electron chi connectivity index (χ3n) is 6.20. The van der Waals surface area contributed by atoms with Crippen LogP contribution in [0.3, 0.4) is 0 Å². The summed E-state index contributed by atoms with van der Waals surface area (Å²) < 4.78 is 7.21. The molecule has 3 heterocycles. The van der Waals surface area contributed by atoms with Crippen molar-refractivity contribution in [1.82, 2.24) is 19.5 Å². The van der Waals surface area contributed by atoms with Crippen LogP contribution < -0.4 is 22.5 Å². The van der Waals surface area contributed by atoms with E-state index < -0.39 is 27.9 Å². The van der Waals surface area contributed by atoms with Crippen LogP contribution in [0.25, 0.3) is 0 Å². The molecule has 3 aromatic heterocycles. The lowest BCUT2D eigenvalue weighted by Crippen LogP contribution is -2.45. The van der Waals surface area contributed by atoms with Gasteiger partial charge in [-0.25, -0.2) is 9.59 Å². The Bertz CT molecular complexity index is 1710. The number of benzene rings is 2. The molecule has 0 saturated carbocycles. The molecule has 36 heavy (non-hydrogen) atoms. The Morgan fingerprint density at radius 1 is 0.750 bits per heavy atom. The lowest BCUT2D eigenvalue weighted by molar-refractivity contribution is 0.416. The quantitative estimate of drug-likeness (QED) is 0.327. The molecule has 0 radical (unpaired) electrons. The first-order valence-corrected chi connectivity index (χ1v) is 11.3. The van der Waals surface area contributed by atoms with Crippen LogP contribution in [0.1, 0.15) is 28.0 Å². The summed E-state index contributed by atoms with van der Waals surface area (Å²) in [5.74, 6) is 0.305. The minimum atomic E-state index is -1.47. The van der Waals surface area contributed by atoms with Crippen LogP contribution in [0.4, 0.5) is 0 Å². The fraction of sp³-hybridized carbons (Fsp3) is 0.111. The standard InChI is InChI=1S/C27H22N4O5/c32-23-20(15-28-25(34)29-23)27(22-12-7-13-36-22,14-18-8-3-1-4-9-18)21-17-31(26(35)30-24(21)33)16-19-10-5-2-6-11-19/h1-13,15,17H,14,16H2,(H,30,33,35)(H2,28,29,32,34). The molecule has 0 saturated heterocycles. The van der Waals surface area contributed by atoms with Crippen molar-refractivity contribution in [3.63, 3.8) is 0 Å². The Labute approximate surface area is 203 Å². The zero-order valence-corrected chi connectivity index (χ0v) is 19.1. The third kappa shape index (κ3) is 4.18. The first-order chi connectivity index (χ1) is 17.5. The van der Waals surface area contributed by atoms with Crippen molar-refractivity contribution in [2.24, 2.45) is 0 Å². The molecular formula is C27H22N4O5. The molecule has 2 aromatic carbocycles. The Balaban J connectivity index is 1.83. The van der Waals surface area contributed by atoms with Gasteiger partial charge >= 0.3 is 11.4 Å². The monoisotopic (exact) mass is 482 g/mol. The summed E-state index contributed by atoms with van der Waals surface area (Å²) in [7, 11) is 0. The number of hydrogen-bond acceptors (Lipinski definition) is 5. The first-order valence-electron chi connectivity index (χ1n) is 11.3. The number of nitrogens with one attached hydrogen (secondary N) is 3. The fourth-order valence-corrected chi connectivity index (χ4v) is 4.55. The average molecular weight is 482 g/mol. The molecule has 0 aliphatic heterocycles. The molecule has 5 aromatic rings. The topological polar surface area (TPSA) is 134 Å². The van der Waals surface area contributed by atoms with Gasteiger partial charge in [-0.15, -0.1) is 0 Å². The van der Waals surface area contributed by atoms with Gasteiger partial charge in [-0.05, 0) is 29.7 Å². The van der Waals surface area contributed by atoms with Gasteiger partial charge in [0.2, 0.25) is 0 Å². The van der Waals surface area contributed by atoms with Crippen LogP contribution in [-0.4, -0.2) is 19.5 Å².